The lowest BCUT2D eigenvalue weighted by Gasteiger charge is -2.34. The Bertz CT molecular complexity index is 827. The fourth-order valence-corrected chi connectivity index (χ4v) is 4.53. The molecule has 3 atom stereocenters. The van der Waals surface area contributed by atoms with E-state index in [1.54, 1.807) is 19.1 Å². The summed E-state index contributed by atoms with van der Waals surface area (Å²) in [5.41, 5.74) is 1.47. The maximum atomic E-state index is 12.3. The lowest BCUT2D eigenvalue weighted by atomic mass is 9.85. The molecule has 0 unspecified atom stereocenters. The molecule has 0 radical (unpaired) electrons. The molecule has 0 bridgehead atoms. The van der Waals surface area contributed by atoms with E-state index in [4.69, 9.17) is 9.47 Å². The highest BCUT2D eigenvalue weighted by Gasteiger charge is 2.36. The Morgan fingerprint density at radius 2 is 2.07 bits per heavy atom. The van der Waals surface area contributed by atoms with Gasteiger partial charge in [0.15, 0.2) is 0 Å². The number of carbonyl (C=O) groups excluding carboxylic acids is 2. The summed E-state index contributed by atoms with van der Waals surface area (Å²) in [6.45, 7) is 4.03. The van der Waals surface area contributed by atoms with Gasteiger partial charge in [0, 0.05) is 12.1 Å². The third-order valence-corrected chi connectivity index (χ3v) is 5.98. The van der Waals surface area contributed by atoms with Crippen LogP contribution in [0, 0.1) is 16.0 Å². The number of nitrogens with one attached hydrogen (secondary N) is 1. The molecule has 1 saturated carbocycles. The van der Waals surface area contributed by atoms with Crippen LogP contribution in [0.25, 0.3) is 0 Å². The van der Waals surface area contributed by atoms with E-state index in [0.29, 0.717) is 42.8 Å². The first-order valence-corrected chi connectivity index (χ1v) is 10.5. The van der Waals surface area contributed by atoms with Gasteiger partial charge in [-0.2, -0.15) is 0 Å². The van der Waals surface area contributed by atoms with E-state index in [-0.39, 0.29) is 29.7 Å². The molecule has 1 aromatic rings. The Kier molecular flexibility index (Phi) is 6.79. The Morgan fingerprint density at radius 1 is 1.30 bits per heavy atom. The molecular weight excluding hydrogens is 390 g/mol. The molecule has 1 N–H and O–H groups in total. The molecule has 1 fully saturated rings. The molecule has 2 aliphatic rings. The fraction of sp³-hybridized carbons (Fsp3) is 0.619. The predicted octanol–water partition coefficient (Wildman–Crippen LogP) is 4.04. The number of benzene rings is 1. The minimum Gasteiger partial charge on any atom is -0.466 e. The van der Waals surface area contributed by atoms with E-state index in [2.05, 4.69) is 5.32 Å². The van der Waals surface area contributed by atoms with Crippen molar-refractivity contribution in [3.05, 3.63) is 27.8 Å². The third kappa shape index (κ3) is 4.34. The highest BCUT2D eigenvalue weighted by atomic mass is 16.6. The van der Waals surface area contributed by atoms with Crippen LogP contribution in [0.1, 0.15) is 51.5 Å². The summed E-state index contributed by atoms with van der Waals surface area (Å²) in [6.07, 6.45) is 3.63. The molecular formula is C21H29N3O6. The van der Waals surface area contributed by atoms with Crippen molar-refractivity contribution in [1.29, 1.82) is 0 Å². The molecule has 1 aromatic carbocycles. The first kappa shape index (κ1) is 21.9. The van der Waals surface area contributed by atoms with Crippen molar-refractivity contribution in [2.24, 2.45) is 5.92 Å². The number of nitro groups is 1. The maximum absolute atomic E-state index is 12.3. The van der Waals surface area contributed by atoms with Crippen LogP contribution in [-0.4, -0.2) is 42.8 Å². The summed E-state index contributed by atoms with van der Waals surface area (Å²) in [6, 6.07) is 3.23. The first-order chi connectivity index (χ1) is 14.4. The summed E-state index contributed by atoms with van der Waals surface area (Å²) in [5.74, 6) is -0.393. The molecule has 9 nitrogen and oxygen atoms in total. The number of nitro benzene ring substituents is 1. The summed E-state index contributed by atoms with van der Waals surface area (Å²) < 4.78 is 10.0. The average Bonchev–Trinajstić information content (AvgIpc) is 2.73. The van der Waals surface area contributed by atoms with Crippen molar-refractivity contribution in [2.75, 3.05) is 23.9 Å². The molecule has 3 rings (SSSR count). The number of anilines is 2. The van der Waals surface area contributed by atoms with Gasteiger partial charge in [-0.25, -0.2) is 4.79 Å². The smallest absolute Gasteiger partial charge is 0.414 e. The van der Waals surface area contributed by atoms with E-state index < -0.39 is 11.0 Å². The maximum Gasteiger partial charge on any atom is 0.414 e. The van der Waals surface area contributed by atoms with E-state index in [9.17, 15) is 19.7 Å². The fourth-order valence-electron chi connectivity index (χ4n) is 4.53. The van der Waals surface area contributed by atoms with Gasteiger partial charge < -0.3 is 14.8 Å². The van der Waals surface area contributed by atoms with Crippen molar-refractivity contribution in [1.82, 2.24) is 0 Å². The molecule has 1 aliphatic heterocycles. The second kappa shape index (κ2) is 9.32. The van der Waals surface area contributed by atoms with Crippen LogP contribution in [0.5, 0.6) is 0 Å². The largest absolute Gasteiger partial charge is 0.466 e. The van der Waals surface area contributed by atoms with E-state index in [0.717, 1.165) is 19.3 Å². The first-order valence-electron chi connectivity index (χ1n) is 10.5. The van der Waals surface area contributed by atoms with Gasteiger partial charge in [-0.05, 0) is 58.1 Å². The number of esters is 1. The Labute approximate surface area is 175 Å². The van der Waals surface area contributed by atoms with Crippen LogP contribution in [0.2, 0.25) is 0 Å². The van der Waals surface area contributed by atoms with Crippen LogP contribution in [0.15, 0.2) is 12.1 Å². The standard InChI is InChI=1S/C21H29N3O6/c1-4-30-20(25)14-6-5-7-15(12-14)22-17-10-11-18-16(19(17)24(27)28)9-8-13(2)23(18)21(26)29-3/h10-11,13-15,22H,4-9,12H2,1-3H3/t13-,14+,15+/m0/s1. The lowest BCUT2D eigenvalue weighted by Crippen LogP contribution is -2.42. The van der Waals surface area contributed by atoms with Crippen molar-refractivity contribution < 1.29 is 24.0 Å². The second-order valence-electron chi connectivity index (χ2n) is 7.90. The number of hydrogen-bond donors (Lipinski definition) is 1. The zero-order valence-corrected chi connectivity index (χ0v) is 17.7. The van der Waals surface area contributed by atoms with Gasteiger partial charge >= 0.3 is 12.1 Å². The molecule has 30 heavy (non-hydrogen) atoms. The molecule has 1 aliphatic carbocycles. The van der Waals surface area contributed by atoms with Crippen LogP contribution in [0.3, 0.4) is 0 Å². The molecule has 1 heterocycles. The van der Waals surface area contributed by atoms with Gasteiger partial charge in [0.2, 0.25) is 0 Å². The van der Waals surface area contributed by atoms with Crippen molar-refractivity contribution >= 4 is 29.1 Å². The number of ether oxygens (including phenoxy) is 2. The summed E-state index contributed by atoms with van der Waals surface area (Å²) in [4.78, 5) is 37.4. The number of fused-ring (bicyclic) bond motifs is 1. The quantitative estimate of drug-likeness (QED) is 0.436. The predicted molar refractivity (Wildman–Crippen MR) is 112 cm³/mol. The number of methoxy groups -OCH3 is 1. The molecule has 0 saturated heterocycles. The van der Waals surface area contributed by atoms with Gasteiger partial charge in [-0.15, -0.1) is 0 Å². The van der Waals surface area contributed by atoms with Crippen molar-refractivity contribution in [3.8, 4) is 0 Å². The summed E-state index contributed by atoms with van der Waals surface area (Å²) in [5, 5.41) is 15.3. The summed E-state index contributed by atoms with van der Waals surface area (Å²) in [7, 11) is 1.30. The molecule has 0 aromatic heterocycles. The number of amides is 1. The second-order valence-corrected chi connectivity index (χ2v) is 7.90. The van der Waals surface area contributed by atoms with Crippen molar-refractivity contribution in [2.45, 2.75) is 64.5 Å². The van der Waals surface area contributed by atoms with E-state index in [1.165, 1.54) is 12.0 Å². The van der Waals surface area contributed by atoms with Gasteiger partial charge in [0.05, 0.1) is 35.8 Å². The van der Waals surface area contributed by atoms with E-state index >= 15 is 0 Å². The minimum atomic E-state index is -0.525. The molecule has 164 valence electrons. The molecule has 9 heteroatoms. The minimum absolute atomic E-state index is 0.00781. The Morgan fingerprint density at radius 3 is 2.73 bits per heavy atom. The SMILES string of the molecule is CCOC(=O)[C@@H]1CCC[C@@H](Nc2ccc3c(c2[N+](=O)[O-])CC[C@H](C)N3C(=O)OC)C1. The van der Waals surface area contributed by atoms with Gasteiger partial charge in [0.1, 0.15) is 5.69 Å². The van der Waals surface area contributed by atoms with Crippen LogP contribution in [0.4, 0.5) is 21.9 Å². The van der Waals surface area contributed by atoms with Crippen LogP contribution >= 0.6 is 0 Å². The zero-order chi connectivity index (χ0) is 21.8. The van der Waals surface area contributed by atoms with Crippen molar-refractivity contribution in [3.63, 3.8) is 0 Å². The third-order valence-electron chi connectivity index (χ3n) is 5.98. The van der Waals surface area contributed by atoms with E-state index in [1.807, 2.05) is 6.92 Å². The lowest BCUT2D eigenvalue weighted by molar-refractivity contribution is -0.384. The average molecular weight is 419 g/mol. The van der Waals surface area contributed by atoms with Crippen LogP contribution in [-0.2, 0) is 20.7 Å². The highest BCUT2D eigenvalue weighted by molar-refractivity contribution is 5.92. The zero-order valence-electron chi connectivity index (χ0n) is 17.7. The number of nitrogens with zero attached hydrogens (tertiary/aromatic N) is 2. The summed E-state index contributed by atoms with van der Waals surface area (Å²) >= 11 is 0. The van der Waals surface area contributed by atoms with Crippen LogP contribution < -0.4 is 10.2 Å². The number of carbonyl (C=O) groups is 2. The highest BCUT2D eigenvalue weighted by Crippen LogP contribution is 2.42. The van der Waals surface area contributed by atoms with Gasteiger partial charge in [0.25, 0.3) is 5.69 Å². The number of rotatable bonds is 5. The van der Waals surface area contributed by atoms with Gasteiger partial charge in [-0.1, -0.05) is 6.42 Å². The van der Waals surface area contributed by atoms with Gasteiger partial charge in [-0.3, -0.25) is 19.8 Å². The topological polar surface area (TPSA) is 111 Å². The molecule has 1 amide bonds. The molecule has 0 spiro atoms. The normalized spacial score (nSPS) is 23.3. The Hall–Kier alpha value is -2.84. The Balaban J connectivity index is 1.89. The number of hydrogen-bond acceptors (Lipinski definition) is 7. The monoisotopic (exact) mass is 419 g/mol.